The first-order valence-electron chi connectivity index (χ1n) is 9.30. The van der Waals surface area contributed by atoms with Crippen molar-refractivity contribution in [2.45, 2.75) is 51.0 Å². The molecule has 0 amide bonds. The molecule has 1 aromatic heterocycles. The van der Waals surface area contributed by atoms with E-state index in [-0.39, 0.29) is 12.8 Å². The van der Waals surface area contributed by atoms with E-state index in [9.17, 15) is 8.78 Å². The Morgan fingerprint density at radius 3 is 2.32 bits per heavy atom. The number of aromatic nitrogens is 2. The van der Waals surface area contributed by atoms with Crippen LogP contribution in [0.15, 0.2) is 6.07 Å². The van der Waals surface area contributed by atoms with E-state index in [0.29, 0.717) is 19.1 Å². The molecule has 0 radical (unpaired) electrons. The van der Waals surface area contributed by atoms with Gasteiger partial charge in [0.05, 0.1) is 0 Å². The molecule has 0 spiro atoms. The van der Waals surface area contributed by atoms with Gasteiger partial charge in [0.15, 0.2) is 0 Å². The summed E-state index contributed by atoms with van der Waals surface area (Å²) < 4.78 is 26.7. The van der Waals surface area contributed by atoms with Gasteiger partial charge in [-0.1, -0.05) is 6.92 Å². The zero-order valence-corrected chi connectivity index (χ0v) is 15.5. The molecule has 5 nitrogen and oxygen atoms in total. The van der Waals surface area contributed by atoms with E-state index >= 15 is 0 Å². The Kier molecular flexibility index (Phi) is 5.41. The van der Waals surface area contributed by atoms with E-state index in [4.69, 9.17) is 0 Å². The van der Waals surface area contributed by atoms with Crippen LogP contribution in [0.2, 0.25) is 0 Å². The molecule has 0 aromatic carbocycles. The molecular formula is C18H29F2N5. The van der Waals surface area contributed by atoms with Crippen LogP contribution >= 0.6 is 0 Å². The van der Waals surface area contributed by atoms with Crippen molar-refractivity contribution in [2.24, 2.45) is 0 Å². The van der Waals surface area contributed by atoms with Crippen LogP contribution in [0.3, 0.4) is 0 Å². The molecule has 3 heterocycles. The zero-order chi connectivity index (χ0) is 18.0. The SMILES string of the molecule is CCc1cc(N2CCC(N3CCC(F)(F)CC3)CC2)nc(N(C)C)n1. The van der Waals surface area contributed by atoms with Crippen LogP contribution in [0.1, 0.15) is 38.3 Å². The largest absolute Gasteiger partial charge is 0.356 e. The van der Waals surface area contributed by atoms with E-state index in [0.717, 1.165) is 49.8 Å². The monoisotopic (exact) mass is 353 g/mol. The molecule has 1 aromatic rings. The number of aryl methyl sites for hydroxylation is 1. The molecule has 140 valence electrons. The minimum atomic E-state index is -2.46. The fourth-order valence-electron chi connectivity index (χ4n) is 3.69. The molecule has 25 heavy (non-hydrogen) atoms. The number of nitrogens with zero attached hydrogens (tertiary/aromatic N) is 5. The van der Waals surface area contributed by atoms with Crippen molar-refractivity contribution in [1.29, 1.82) is 0 Å². The number of alkyl halides is 2. The van der Waals surface area contributed by atoms with Crippen LogP contribution in [-0.4, -0.2) is 67.1 Å². The van der Waals surface area contributed by atoms with Gasteiger partial charge in [0, 0.05) is 70.9 Å². The van der Waals surface area contributed by atoms with Crippen molar-refractivity contribution in [3.8, 4) is 0 Å². The highest BCUT2D eigenvalue weighted by Crippen LogP contribution is 2.31. The second-order valence-corrected chi connectivity index (χ2v) is 7.38. The molecule has 0 saturated carbocycles. The smallest absolute Gasteiger partial charge is 0.250 e. The van der Waals surface area contributed by atoms with Gasteiger partial charge >= 0.3 is 0 Å². The highest BCUT2D eigenvalue weighted by Gasteiger charge is 2.37. The maximum absolute atomic E-state index is 13.3. The van der Waals surface area contributed by atoms with Crippen molar-refractivity contribution in [2.75, 3.05) is 50.1 Å². The Morgan fingerprint density at radius 1 is 1.12 bits per heavy atom. The third-order valence-corrected chi connectivity index (χ3v) is 5.35. The van der Waals surface area contributed by atoms with Gasteiger partial charge in [-0.3, -0.25) is 4.90 Å². The predicted octanol–water partition coefficient (Wildman–Crippen LogP) is 2.80. The predicted molar refractivity (Wildman–Crippen MR) is 96.7 cm³/mol. The van der Waals surface area contributed by atoms with Crippen LogP contribution < -0.4 is 9.80 Å². The second kappa shape index (κ2) is 7.40. The van der Waals surface area contributed by atoms with Gasteiger partial charge in [-0.25, -0.2) is 13.8 Å². The number of hydrogen-bond acceptors (Lipinski definition) is 5. The average Bonchev–Trinajstić information content (AvgIpc) is 2.61. The normalized spacial score (nSPS) is 22.2. The highest BCUT2D eigenvalue weighted by molar-refractivity contribution is 5.46. The number of halogens is 2. The minimum Gasteiger partial charge on any atom is -0.356 e. The van der Waals surface area contributed by atoms with E-state index in [1.807, 2.05) is 19.0 Å². The summed E-state index contributed by atoms with van der Waals surface area (Å²) in [4.78, 5) is 15.7. The average molecular weight is 353 g/mol. The molecule has 2 fully saturated rings. The molecule has 0 atom stereocenters. The lowest BCUT2D eigenvalue weighted by molar-refractivity contribution is -0.0646. The zero-order valence-electron chi connectivity index (χ0n) is 15.5. The Hall–Kier alpha value is -1.50. The van der Waals surface area contributed by atoms with Crippen molar-refractivity contribution in [3.05, 3.63) is 11.8 Å². The third-order valence-electron chi connectivity index (χ3n) is 5.35. The summed E-state index contributed by atoms with van der Waals surface area (Å²) in [5, 5.41) is 0. The summed E-state index contributed by atoms with van der Waals surface area (Å²) >= 11 is 0. The summed E-state index contributed by atoms with van der Waals surface area (Å²) in [5.74, 6) is -0.731. The molecule has 0 unspecified atom stereocenters. The first kappa shape index (κ1) is 18.3. The van der Waals surface area contributed by atoms with E-state index in [1.54, 1.807) is 0 Å². The van der Waals surface area contributed by atoms with Crippen LogP contribution in [0.25, 0.3) is 0 Å². The lowest BCUT2D eigenvalue weighted by atomic mass is 9.98. The number of piperidine rings is 2. The Bertz CT molecular complexity index is 575. The van der Waals surface area contributed by atoms with Crippen molar-refractivity contribution in [3.63, 3.8) is 0 Å². The van der Waals surface area contributed by atoms with Crippen LogP contribution in [0.4, 0.5) is 20.5 Å². The lowest BCUT2D eigenvalue weighted by Crippen LogP contribution is -2.49. The van der Waals surface area contributed by atoms with E-state index < -0.39 is 5.92 Å². The molecule has 7 heteroatoms. The van der Waals surface area contributed by atoms with Crippen molar-refractivity contribution < 1.29 is 8.78 Å². The number of anilines is 2. The maximum atomic E-state index is 13.3. The van der Waals surface area contributed by atoms with Gasteiger partial charge in [0.25, 0.3) is 5.92 Å². The van der Waals surface area contributed by atoms with Crippen LogP contribution in [-0.2, 0) is 6.42 Å². The van der Waals surface area contributed by atoms with Crippen molar-refractivity contribution >= 4 is 11.8 Å². The quantitative estimate of drug-likeness (QED) is 0.832. The first-order chi connectivity index (χ1) is 11.9. The van der Waals surface area contributed by atoms with Crippen LogP contribution in [0.5, 0.6) is 0 Å². The standard InChI is InChI=1S/C18H29F2N5/c1-4-14-13-16(22-17(21-14)23(2)3)25-9-5-15(6-10-25)24-11-7-18(19,20)8-12-24/h13,15H,4-12H2,1-3H3. The van der Waals surface area contributed by atoms with Crippen molar-refractivity contribution in [1.82, 2.24) is 14.9 Å². The molecule has 3 rings (SSSR count). The number of hydrogen-bond donors (Lipinski definition) is 0. The minimum absolute atomic E-state index is 0.00514. The van der Waals surface area contributed by atoms with Gasteiger partial charge in [0.2, 0.25) is 5.95 Å². The maximum Gasteiger partial charge on any atom is 0.250 e. The summed E-state index contributed by atoms with van der Waals surface area (Å²) in [7, 11) is 3.91. The molecule has 2 saturated heterocycles. The molecule has 0 aliphatic carbocycles. The van der Waals surface area contributed by atoms with Gasteiger partial charge in [-0.2, -0.15) is 4.98 Å². The lowest BCUT2D eigenvalue weighted by Gasteiger charge is -2.42. The molecule has 2 aliphatic rings. The summed E-state index contributed by atoms with van der Waals surface area (Å²) in [6, 6.07) is 2.50. The van der Waals surface area contributed by atoms with E-state index in [2.05, 4.69) is 32.8 Å². The van der Waals surface area contributed by atoms with Gasteiger partial charge in [0.1, 0.15) is 5.82 Å². The van der Waals surface area contributed by atoms with Gasteiger partial charge in [-0.15, -0.1) is 0 Å². The van der Waals surface area contributed by atoms with Crippen LogP contribution in [0, 0.1) is 0 Å². The fraction of sp³-hybridized carbons (Fsp3) is 0.778. The second-order valence-electron chi connectivity index (χ2n) is 7.38. The fourth-order valence-corrected chi connectivity index (χ4v) is 3.69. The Balaban J connectivity index is 1.62. The number of likely N-dealkylation sites (tertiary alicyclic amines) is 1. The summed E-state index contributed by atoms with van der Waals surface area (Å²) in [6.45, 7) is 4.99. The summed E-state index contributed by atoms with van der Waals surface area (Å²) in [6.07, 6.45) is 2.91. The molecular weight excluding hydrogens is 324 g/mol. The third kappa shape index (κ3) is 4.37. The molecule has 2 aliphatic heterocycles. The van der Waals surface area contributed by atoms with Gasteiger partial charge < -0.3 is 9.80 Å². The summed E-state index contributed by atoms with van der Waals surface area (Å²) in [5.41, 5.74) is 1.05. The topological polar surface area (TPSA) is 35.5 Å². The first-order valence-corrected chi connectivity index (χ1v) is 9.30. The Labute approximate surface area is 149 Å². The van der Waals surface area contributed by atoms with E-state index in [1.165, 1.54) is 0 Å². The molecule has 0 N–H and O–H groups in total. The van der Waals surface area contributed by atoms with Gasteiger partial charge in [-0.05, 0) is 19.3 Å². The highest BCUT2D eigenvalue weighted by atomic mass is 19.3. The molecule has 0 bridgehead atoms. The Morgan fingerprint density at radius 2 is 1.76 bits per heavy atom. The number of rotatable bonds is 4.